The van der Waals surface area contributed by atoms with Crippen molar-refractivity contribution >= 4 is 23.1 Å². The zero-order chi connectivity index (χ0) is 17.8. The largest absolute Gasteiger partial charge is 0.497 e. The highest BCUT2D eigenvalue weighted by Gasteiger charge is 2.33. The molecule has 0 bridgehead atoms. The molecule has 1 aliphatic heterocycles. The molecule has 0 saturated heterocycles. The van der Waals surface area contributed by atoms with Gasteiger partial charge in [0.1, 0.15) is 5.75 Å². The lowest BCUT2D eigenvalue weighted by Crippen LogP contribution is -2.25. The van der Waals surface area contributed by atoms with Crippen molar-refractivity contribution in [2.45, 2.75) is 13.5 Å². The summed E-state index contributed by atoms with van der Waals surface area (Å²) in [6.45, 7) is 2.42. The van der Waals surface area contributed by atoms with Gasteiger partial charge in [-0.15, -0.1) is 0 Å². The molecule has 1 amide bonds. The van der Waals surface area contributed by atoms with E-state index in [4.69, 9.17) is 9.47 Å². The molecule has 0 atom stereocenters. The Bertz CT molecular complexity index is 827. The highest BCUT2D eigenvalue weighted by atomic mass is 16.5. The molecular weight excluding hydrogens is 318 g/mol. The third-order valence-electron chi connectivity index (χ3n) is 3.99. The van der Waals surface area contributed by atoms with E-state index in [1.165, 1.54) is 6.08 Å². The van der Waals surface area contributed by atoms with E-state index in [0.717, 1.165) is 11.3 Å². The van der Waals surface area contributed by atoms with Crippen LogP contribution in [0.15, 0.2) is 54.6 Å². The molecule has 1 heterocycles. The van der Waals surface area contributed by atoms with Crippen molar-refractivity contribution in [1.82, 2.24) is 0 Å². The van der Waals surface area contributed by atoms with Gasteiger partial charge in [-0.05, 0) is 30.7 Å². The van der Waals surface area contributed by atoms with Gasteiger partial charge in [-0.25, -0.2) is 4.79 Å². The van der Waals surface area contributed by atoms with Crippen LogP contribution in [0, 0.1) is 0 Å². The number of carbonyl (C=O) groups excluding carboxylic acids is 2. The minimum Gasteiger partial charge on any atom is -0.497 e. The van der Waals surface area contributed by atoms with Gasteiger partial charge in [0.2, 0.25) is 0 Å². The van der Waals surface area contributed by atoms with Crippen LogP contribution in [0.3, 0.4) is 0 Å². The average Bonchev–Trinajstić information content (AvgIpc) is 2.88. The summed E-state index contributed by atoms with van der Waals surface area (Å²) >= 11 is 0. The number of hydrogen-bond acceptors (Lipinski definition) is 4. The van der Waals surface area contributed by atoms with Crippen LogP contribution in [0.25, 0.3) is 5.57 Å². The Morgan fingerprint density at radius 3 is 2.60 bits per heavy atom. The number of anilines is 1. The van der Waals surface area contributed by atoms with Crippen molar-refractivity contribution in [3.63, 3.8) is 0 Å². The third-order valence-corrected chi connectivity index (χ3v) is 3.99. The fourth-order valence-electron chi connectivity index (χ4n) is 2.83. The summed E-state index contributed by atoms with van der Waals surface area (Å²) in [7, 11) is 1.56. The molecule has 0 radical (unpaired) electrons. The normalized spacial score (nSPS) is 14.6. The minimum absolute atomic E-state index is 0.222. The van der Waals surface area contributed by atoms with Crippen LogP contribution in [0.2, 0.25) is 0 Å². The van der Waals surface area contributed by atoms with Crippen LogP contribution in [0.4, 0.5) is 5.69 Å². The quantitative estimate of drug-likeness (QED) is 0.621. The van der Waals surface area contributed by atoms with Gasteiger partial charge >= 0.3 is 5.97 Å². The second-order valence-electron chi connectivity index (χ2n) is 5.57. The van der Waals surface area contributed by atoms with E-state index < -0.39 is 5.97 Å². The second-order valence-corrected chi connectivity index (χ2v) is 5.57. The lowest BCUT2D eigenvalue weighted by molar-refractivity contribution is -0.137. The molecule has 5 nitrogen and oxygen atoms in total. The standard InChI is InChI=1S/C20H19NO4/c1-3-25-19(22)12-17-16-11-15(24-2)9-10-18(16)21(20(17)23)13-14-7-5-4-6-8-14/h4-12H,3,13H2,1-2H3/b17-12+. The first-order valence-electron chi connectivity index (χ1n) is 8.06. The van der Waals surface area contributed by atoms with Gasteiger partial charge in [0.25, 0.3) is 5.91 Å². The number of ether oxygens (including phenoxy) is 2. The van der Waals surface area contributed by atoms with Gasteiger partial charge < -0.3 is 14.4 Å². The predicted octanol–water partition coefficient (Wildman–Crippen LogP) is 3.19. The summed E-state index contributed by atoms with van der Waals surface area (Å²) in [4.78, 5) is 26.5. The molecule has 128 valence electrons. The number of benzene rings is 2. The van der Waals surface area contributed by atoms with E-state index >= 15 is 0 Å². The van der Waals surface area contributed by atoms with Gasteiger partial charge in [-0.1, -0.05) is 30.3 Å². The maximum absolute atomic E-state index is 12.9. The van der Waals surface area contributed by atoms with E-state index in [0.29, 0.717) is 23.4 Å². The van der Waals surface area contributed by atoms with Gasteiger partial charge in [-0.3, -0.25) is 4.79 Å². The van der Waals surface area contributed by atoms with Crippen molar-refractivity contribution in [2.24, 2.45) is 0 Å². The third kappa shape index (κ3) is 3.40. The Morgan fingerprint density at radius 2 is 1.92 bits per heavy atom. The van der Waals surface area contributed by atoms with Crippen molar-refractivity contribution in [3.05, 3.63) is 65.7 Å². The number of rotatable bonds is 5. The number of nitrogens with zero attached hydrogens (tertiary/aromatic N) is 1. The SMILES string of the molecule is CCOC(=O)/C=C1/C(=O)N(Cc2ccccc2)c2ccc(OC)cc21. The van der Waals surface area contributed by atoms with Gasteiger partial charge in [0, 0.05) is 11.6 Å². The molecular formula is C20H19NO4. The van der Waals surface area contributed by atoms with E-state index in [2.05, 4.69) is 0 Å². The zero-order valence-electron chi connectivity index (χ0n) is 14.2. The fraction of sp³-hybridized carbons (Fsp3) is 0.200. The van der Waals surface area contributed by atoms with Crippen molar-refractivity contribution < 1.29 is 19.1 Å². The lowest BCUT2D eigenvalue weighted by Gasteiger charge is -2.17. The second kappa shape index (κ2) is 7.21. The van der Waals surface area contributed by atoms with E-state index in [9.17, 15) is 9.59 Å². The summed E-state index contributed by atoms with van der Waals surface area (Å²) in [6, 6.07) is 15.1. The highest BCUT2D eigenvalue weighted by Crippen LogP contribution is 2.39. The highest BCUT2D eigenvalue weighted by molar-refractivity contribution is 6.34. The molecule has 5 heteroatoms. The zero-order valence-corrected chi connectivity index (χ0v) is 14.2. The summed E-state index contributed by atoms with van der Waals surface area (Å²) in [6.07, 6.45) is 1.26. The molecule has 3 rings (SSSR count). The number of fused-ring (bicyclic) bond motifs is 1. The molecule has 0 N–H and O–H groups in total. The number of methoxy groups -OCH3 is 1. The maximum atomic E-state index is 12.9. The van der Waals surface area contributed by atoms with Crippen molar-refractivity contribution in [1.29, 1.82) is 0 Å². The van der Waals surface area contributed by atoms with E-state index in [1.807, 2.05) is 36.4 Å². The number of esters is 1. The molecule has 2 aromatic carbocycles. The summed E-state index contributed by atoms with van der Waals surface area (Å²) < 4.78 is 10.2. The molecule has 0 fully saturated rings. The lowest BCUT2D eigenvalue weighted by atomic mass is 10.1. The molecule has 0 spiro atoms. The Balaban J connectivity index is 2.02. The Hall–Kier alpha value is -3.08. The van der Waals surface area contributed by atoms with Crippen LogP contribution in [-0.2, 0) is 20.9 Å². The number of carbonyl (C=O) groups is 2. The Labute approximate surface area is 146 Å². The van der Waals surface area contributed by atoms with Gasteiger partial charge in [-0.2, -0.15) is 0 Å². The van der Waals surface area contributed by atoms with Crippen LogP contribution in [0.1, 0.15) is 18.1 Å². The molecule has 25 heavy (non-hydrogen) atoms. The monoisotopic (exact) mass is 337 g/mol. The van der Waals surface area contributed by atoms with Crippen LogP contribution >= 0.6 is 0 Å². The smallest absolute Gasteiger partial charge is 0.331 e. The van der Waals surface area contributed by atoms with Crippen LogP contribution in [0.5, 0.6) is 5.75 Å². The fourth-order valence-corrected chi connectivity index (χ4v) is 2.83. The van der Waals surface area contributed by atoms with Crippen molar-refractivity contribution in [3.8, 4) is 5.75 Å². The average molecular weight is 337 g/mol. The van der Waals surface area contributed by atoms with E-state index in [-0.39, 0.29) is 12.5 Å². The number of amides is 1. The molecule has 0 saturated carbocycles. The molecule has 0 unspecified atom stereocenters. The maximum Gasteiger partial charge on any atom is 0.331 e. The molecule has 2 aromatic rings. The van der Waals surface area contributed by atoms with Gasteiger partial charge in [0.15, 0.2) is 0 Å². The minimum atomic E-state index is -0.527. The predicted molar refractivity (Wildman–Crippen MR) is 95.2 cm³/mol. The Kier molecular flexibility index (Phi) is 4.84. The van der Waals surface area contributed by atoms with E-state index in [1.54, 1.807) is 31.1 Å². The summed E-state index contributed by atoms with van der Waals surface area (Å²) in [5, 5.41) is 0. The van der Waals surface area contributed by atoms with Crippen LogP contribution in [-0.4, -0.2) is 25.6 Å². The molecule has 0 aromatic heterocycles. The Morgan fingerprint density at radius 1 is 1.16 bits per heavy atom. The molecule has 1 aliphatic rings. The number of hydrogen-bond donors (Lipinski definition) is 0. The first-order chi connectivity index (χ1) is 12.1. The topological polar surface area (TPSA) is 55.8 Å². The summed E-state index contributed by atoms with van der Waals surface area (Å²) in [5.41, 5.74) is 2.76. The van der Waals surface area contributed by atoms with Gasteiger partial charge in [0.05, 0.1) is 31.5 Å². The van der Waals surface area contributed by atoms with Crippen LogP contribution < -0.4 is 9.64 Å². The first-order valence-corrected chi connectivity index (χ1v) is 8.06. The van der Waals surface area contributed by atoms with Crippen molar-refractivity contribution in [2.75, 3.05) is 18.6 Å². The first kappa shape index (κ1) is 16.8. The molecule has 0 aliphatic carbocycles. The summed E-state index contributed by atoms with van der Waals surface area (Å²) in [5.74, 6) is -0.121.